The van der Waals surface area contributed by atoms with E-state index in [0.717, 1.165) is 54.2 Å². The number of anilines is 2. The summed E-state index contributed by atoms with van der Waals surface area (Å²) < 4.78 is 18.5. The largest absolute Gasteiger partial charge is 0.493 e. The number of carbonyl (C=O) groups is 2. The number of benzene rings is 4. The molecule has 12 nitrogen and oxygen atoms in total. The van der Waals surface area contributed by atoms with Crippen molar-refractivity contribution < 1.29 is 23.5 Å². The van der Waals surface area contributed by atoms with Gasteiger partial charge in [0.2, 0.25) is 0 Å². The molecule has 54 heavy (non-hydrogen) atoms. The number of aryl methyl sites for hydroxylation is 1. The Morgan fingerprint density at radius 2 is 1.56 bits per heavy atom. The number of para-hydroxylation sites is 1. The van der Waals surface area contributed by atoms with Gasteiger partial charge in [-0.25, -0.2) is 0 Å². The highest BCUT2D eigenvalue weighted by Gasteiger charge is 2.21. The maximum absolute atomic E-state index is 13.7. The predicted octanol–water partition coefficient (Wildman–Crippen LogP) is 6.84. The minimum absolute atomic E-state index is 0.114. The summed E-state index contributed by atoms with van der Waals surface area (Å²) in [6.45, 7) is 2.28. The van der Waals surface area contributed by atoms with Crippen molar-refractivity contribution in [2.75, 3.05) is 31.4 Å². The molecule has 0 saturated heterocycles. The Labute approximate surface area is 311 Å². The number of aromatic nitrogens is 3. The van der Waals surface area contributed by atoms with E-state index in [1.165, 1.54) is 31.9 Å². The first-order valence-electron chi connectivity index (χ1n) is 17.3. The summed E-state index contributed by atoms with van der Waals surface area (Å²) in [6, 6.07) is 28.9. The molecule has 12 heteroatoms. The first kappa shape index (κ1) is 35.6. The van der Waals surface area contributed by atoms with Gasteiger partial charge in [-0.05, 0) is 65.6 Å². The molecule has 272 valence electrons. The third-order valence-corrected chi connectivity index (χ3v) is 9.15. The SMILES string of the molecule is COc1cc(NC(=O)c2cc(=O)c3ccccc3o2)c(C(=O)Nc2ccc(CCN(Cc3cccnc3)Cc3ccc4cnn(C)c4c3)cc2)cc1OC. The summed E-state index contributed by atoms with van der Waals surface area (Å²) in [5.41, 5.74) is 5.24. The number of hydrogen-bond acceptors (Lipinski definition) is 9. The second-order valence-electron chi connectivity index (χ2n) is 12.8. The second-order valence-corrected chi connectivity index (χ2v) is 12.8. The summed E-state index contributed by atoms with van der Waals surface area (Å²) in [5.74, 6) is -0.817. The number of nitrogens with one attached hydrogen (secondary N) is 2. The lowest BCUT2D eigenvalue weighted by Gasteiger charge is -2.23. The van der Waals surface area contributed by atoms with Crippen molar-refractivity contribution in [3.63, 3.8) is 0 Å². The Bertz CT molecular complexity index is 2510. The quantitative estimate of drug-likeness (QED) is 0.131. The van der Waals surface area contributed by atoms with Crippen molar-refractivity contribution >= 4 is 45.1 Å². The highest BCUT2D eigenvalue weighted by molar-refractivity contribution is 6.12. The van der Waals surface area contributed by atoms with Crippen LogP contribution in [0.4, 0.5) is 11.4 Å². The van der Waals surface area contributed by atoms with Crippen LogP contribution in [0.1, 0.15) is 37.6 Å². The number of pyridine rings is 1. The van der Waals surface area contributed by atoms with Crippen LogP contribution in [0.2, 0.25) is 0 Å². The van der Waals surface area contributed by atoms with Crippen LogP contribution < -0.4 is 25.5 Å². The van der Waals surface area contributed by atoms with E-state index < -0.39 is 11.8 Å². The fraction of sp³-hybridized carbons (Fsp3) is 0.167. The maximum Gasteiger partial charge on any atom is 0.291 e. The van der Waals surface area contributed by atoms with Crippen LogP contribution in [0.25, 0.3) is 21.9 Å². The van der Waals surface area contributed by atoms with Crippen LogP contribution in [0.3, 0.4) is 0 Å². The van der Waals surface area contributed by atoms with Gasteiger partial charge in [-0.2, -0.15) is 5.10 Å². The van der Waals surface area contributed by atoms with Crippen LogP contribution in [0.15, 0.2) is 125 Å². The zero-order chi connectivity index (χ0) is 37.6. The van der Waals surface area contributed by atoms with Gasteiger partial charge in [0.05, 0.1) is 42.6 Å². The van der Waals surface area contributed by atoms with E-state index in [-0.39, 0.29) is 28.0 Å². The number of hydrogen-bond donors (Lipinski definition) is 2. The minimum Gasteiger partial charge on any atom is -0.493 e. The second kappa shape index (κ2) is 15.8. The van der Waals surface area contributed by atoms with Gasteiger partial charge >= 0.3 is 0 Å². The van der Waals surface area contributed by atoms with Gasteiger partial charge in [-0.3, -0.25) is 28.9 Å². The van der Waals surface area contributed by atoms with Crippen LogP contribution in [-0.2, 0) is 26.6 Å². The number of ether oxygens (including phenoxy) is 2. The smallest absolute Gasteiger partial charge is 0.291 e. The Balaban J connectivity index is 1.06. The summed E-state index contributed by atoms with van der Waals surface area (Å²) in [5, 5.41) is 11.5. The zero-order valence-corrected chi connectivity index (χ0v) is 30.0. The molecule has 0 atom stereocenters. The summed E-state index contributed by atoms with van der Waals surface area (Å²) in [4.78, 5) is 46.4. The molecule has 0 aliphatic heterocycles. The van der Waals surface area contributed by atoms with Crippen molar-refractivity contribution in [2.45, 2.75) is 19.5 Å². The molecule has 0 radical (unpaired) electrons. The lowest BCUT2D eigenvalue weighted by atomic mass is 10.1. The molecule has 4 aromatic carbocycles. The lowest BCUT2D eigenvalue weighted by Crippen LogP contribution is -2.25. The topological polar surface area (TPSA) is 141 Å². The van der Waals surface area contributed by atoms with Crippen molar-refractivity contribution in [1.29, 1.82) is 0 Å². The molecular weight excluding hydrogens is 684 g/mol. The molecule has 7 aromatic rings. The molecule has 2 amide bonds. The highest BCUT2D eigenvalue weighted by atomic mass is 16.5. The van der Waals surface area contributed by atoms with Crippen LogP contribution in [-0.4, -0.2) is 52.2 Å². The Hall–Kier alpha value is -6.79. The number of fused-ring (bicyclic) bond motifs is 2. The monoisotopic (exact) mass is 722 g/mol. The van der Waals surface area contributed by atoms with Gasteiger partial charge in [0, 0.05) is 62.3 Å². The van der Waals surface area contributed by atoms with E-state index in [0.29, 0.717) is 22.6 Å². The maximum atomic E-state index is 13.7. The number of methoxy groups -OCH3 is 2. The van der Waals surface area contributed by atoms with E-state index in [9.17, 15) is 14.4 Å². The third kappa shape index (κ3) is 7.98. The summed E-state index contributed by atoms with van der Waals surface area (Å²) in [7, 11) is 4.86. The first-order chi connectivity index (χ1) is 26.3. The molecule has 3 heterocycles. The van der Waals surface area contributed by atoms with Gasteiger partial charge in [-0.15, -0.1) is 0 Å². The Morgan fingerprint density at radius 1 is 0.796 bits per heavy atom. The molecule has 0 fully saturated rings. The lowest BCUT2D eigenvalue weighted by molar-refractivity contribution is 0.0997. The molecule has 7 rings (SSSR count). The predicted molar refractivity (Wildman–Crippen MR) is 207 cm³/mol. The van der Waals surface area contributed by atoms with Crippen LogP contribution >= 0.6 is 0 Å². The molecule has 0 saturated carbocycles. The number of amides is 2. The zero-order valence-electron chi connectivity index (χ0n) is 30.0. The normalized spacial score (nSPS) is 11.2. The average Bonchev–Trinajstić information content (AvgIpc) is 3.56. The highest BCUT2D eigenvalue weighted by Crippen LogP contribution is 2.34. The van der Waals surface area contributed by atoms with E-state index in [1.807, 2.05) is 54.5 Å². The van der Waals surface area contributed by atoms with Gasteiger partial charge in [-0.1, -0.05) is 42.5 Å². The fourth-order valence-corrected chi connectivity index (χ4v) is 6.32. The van der Waals surface area contributed by atoms with Gasteiger partial charge in [0.25, 0.3) is 11.8 Å². The van der Waals surface area contributed by atoms with E-state index in [2.05, 4.69) is 49.9 Å². The van der Waals surface area contributed by atoms with E-state index in [4.69, 9.17) is 13.9 Å². The van der Waals surface area contributed by atoms with E-state index >= 15 is 0 Å². The van der Waals surface area contributed by atoms with Crippen LogP contribution in [0, 0.1) is 0 Å². The van der Waals surface area contributed by atoms with Crippen molar-refractivity contribution in [1.82, 2.24) is 19.7 Å². The molecule has 0 aliphatic rings. The van der Waals surface area contributed by atoms with Crippen molar-refractivity contribution in [3.05, 3.63) is 154 Å². The minimum atomic E-state index is -0.710. The fourth-order valence-electron chi connectivity index (χ4n) is 6.32. The Morgan fingerprint density at radius 3 is 2.33 bits per heavy atom. The molecule has 0 spiro atoms. The van der Waals surface area contributed by atoms with Crippen LogP contribution in [0.5, 0.6) is 11.5 Å². The summed E-state index contributed by atoms with van der Waals surface area (Å²) >= 11 is 0. The summed E-state index contributed by atoms with van der Waals surface area (Å²) in [6.07, 6.45) is 6.32. The molecule has 2 N–H and O–H groups in total. The van der Waals surface area contributed by atoms with Gasteiger partial charge < -0.3 is 24.5 Å². The van der Waals surface area contributed by atoms with Crippen molar-refractivity contribution in [3.8, 4) is 11.5 Å². The number of carbonyl (C=O) groups excluding carboxylic acids is 2. The molecule has 0 unspecified atom stereocenters. The van der Waals surface area contributed by atoms with E-state index in [1.54, 1.807) is 30.5 Å². The molecule has 0 bridgehead atoms. The van der Waals surface area contributed by atoms with Gasteiger partial charge in [0.1, 0.15) is 5.58 Å². The number of nitrogens with zero attached hydrogens (tertiary/aromatic N) is 4. The molecular formula is C42H38N6O6. The number of rotatable bonds is 13. The third-order valence-electron chi connectivity index (χ3n) is 9.15. The standard InChI is InChI=1S/C42H38N6O6/c1-47-35-19-28(10-13-30(35)24-44-47)25-48(26-29-7-6-17-43-23-29)18-16-27-11-14-31(15-12-27)45-41(50)33-20-38(52-2)39(53-3)21-34(33)46-42(51)40-22-36(49)32-8-4-5-9-37(32)54-40/h4-15,17,19-24H,16,18,25-26H2,1-3H3,(H,45,50)(H,46,51). The first-order valence-corrected chi connectivity index (χ1v) is 17.3. The Kier molecular flexibility index (Phi) is 10.4. The molecule has 3 aromatic heterocycles. The van der Waals surface area contributed by atoms with Gasteiger partial charge in [0.15, 0.2) is 22.7 Å². The van der Waals surface area contributed by atoms with Crippen molar-refractivity contribution in [2.24, 2.45) is 7.05 Å². The average molecular weight is 723 g/mol. The molecule has 0 aliphatic carbocycles.